The number of para-hydroxylation sites is 1. The van der Waals surface area contributed by atoms with Gasteiger partial charge in [0.05, 0.1) is 18.5 Å². The number of benzene rings is 1. The number of aryl methyl sites for hydroxylation is 3. The molecule has 0 atom stereocenters. The highest BCUT2D eigenvalue weighted by Crippen LogP contribution is 2.22. The van der Waals surface area contributed by atoms with E-state index in [-0.39, 0.29) is 24.4 Å². The van der Waals surface area contributed by atoms with Crippen LogP contribution >= 0.6 is 0 Å². The Balaban J connectivity index is 1.77. The summed E-state index contributed by atoms with van der Waals surface area (Å²) in [7, 11) is 0. The summed E-state index contributed by atoms with van der Waals surface area (Å²) in [6.45, 7) is 5.86. The van der Waals surface area contributed by atoms with E-state index >= 15 is 0 Å². The van der Waals surface area contributed by atoms with Gasteiger partial charge in [-0.25, -0.2) is 4.98 Å². The minimum Gasteiger partial charge on any atom is -0.349 e. The van der Waals surface area contributed by atoms with E-state index < -0.39 is 0 Å². The molecule has 0 unspecified atom stereocenters. The fourth-order valence-corrected chi connectivity index (χ4v) is 2.96. The Morgan fingerprint density at radius 3 is 2.68 bits per heavy atom. The molecule has 0 aliphatic rings. The van der Waals surface area contributed by atoms with Crippen LogP contribution in [0.25, 0.3) is 10.9 Å². The van der Waals surface area contributed by atoms with Crippen molar-refractivity contribution in [2.75, 3.05) is 0 Å². The second-order valence-corrected chi connectivity index (χ2v) is 6.10. The number of nitrogens with one attached hydrogen (secondary N) is 2. The van der Waals surface area contributed by atoms with Gasteiger partial charge in [-0.15, -0.1) is 0 Å². The zero-order chi connectivity index (χ0) is 18.0. The minimum absolute atomic E-state index is 0.132. The van der Waals surface area contributed by atoms with Gasteiger partial charge in [0.15, 0.2) is 0 Å². The molecule has 25 heavy (non-hydrogen) atoms. The van der Waals surface area contributed by atoms with E-state index in [2.05, 4.69) is 20.3 Å². The number of nitrogens with zero attached hydrogens (tertiary/aromatic N) is 2. The Bertz CT molecular complexity index is 1010. The van der Waals surface area contributed by atoms with E-state index in [4.69, 9.17) is 0 Å². The van der Waals surface area contributed by atoms with Gasteiger partial charge in [-0.2, -0.15) is 0 Å². The highest BCUT2D eigenvalue weighted by atomic mass is 16.1. The monoisotopic (exact) mass is 336 g/mol. The summed E-state index contributed by atoms with van der Waals surface area (Å²) >= 11 is 0. The number of aromatic nitrogens is 3. The zero-order valence-corrected chi connectivity index (χ0v) is 14.5. The number of carbonyl (C=O) groups is 1. The molecule has 0 aliphatic carbocycles. The van der Waals surface area contributed by atoms with Crippen molar-refractivity contribution in [2.24, 2.45) is 0 Å². The van der Waals surface area contributed by atoms with Crippen molar-refractivity contribution < 1.29 is 4.79 Å². The van der Waals surface area contributed by atoms with Crippen molar-refractivity contribution >= 4 is 16.8 Å². The molecule has 2 N–H and O–H groups in total. The molecule has 1 amide bonds. The van der Waals surface area contributed by atoms with Gasteiger partial charge in [0.2, 0.25) is 5.91 Å². The first-order valence-electron chi connectivity index (χ1n) is 8.12. The summed E-state index contributed by atoms with van der Waals surface area (Å²) in [5.41, 5.74) is 4.19. The molecule has 6 heteroatoms. The van der Waals surface area contributed by atoms with Gasteiger partial charge in [-0.05, 0) is 38.0 Å². The predicted molar refractivity (Wildman–Crippen MR) is 96.4 cm³/mol. The first-order valence-corrected chi connectivity index (χ1v) is 8.12. The average Bonchev–Trinajstić information content (AvgIpc) is 2.56. The molecule has 3 rings (SSSR count). The smallest absolute Gasteiger partial charge is 0.251 e. The molecule has 0 bridgehead atoms. The third kappa shape index (κ3) is 3.74. The number of hydrogen-bond donors (Lipinski definition) is 2. The highest BCUT2D eigenvalue weighted by Gasteiger charge is 2.13. The van der Waals surface area contributed by atoms with Crippen LogP contribution in [0.15, 0.2) is 35.1 Å². The second-order valence-electron chi connectivity index (χ2n) is 6.10. The lowest BCUT2D eigenvalue weighted by molar-refractivity contribution is -0.120. The Kier molecular flexibility index (Phi) is 4.61. The van der Waals surface area contributed by atoms with E-state index in [1.54, 1.807) is 6.92 Å². The predicted octanol–water partition coefficient (Wildman–Crippen LogP) is 2.10. The largest absolute Gasteiger partial charge is 0.349 e. The molecule has 6 nitrogen and oxygen atoms in total. The van der Waals surface area contributed by atoms with Crippen molar-refractivity contribution in [3.05, 3.63) is 69.0 Å². The molecule has 0 spiro atoms. The Labute approximate surface area is 145 Å². The quantitative estimate of drug-likeness (QED) is 0.764. The van der Waals surface area contributed by atoms with Gasteiger partial charge < -0.3 is 10.3 Å². The first-order chi connectivity index (χ1) is 11.9. The number of amides is 1. The topological polar surface area (TPSA) is 87.7 Å². The van der Waals surface area contributed by atoms with Gasteiger partial charge >= 0.3 is 0 Å². The Morgan fingerprint density at radius 1 is 1.16 bits per heavy atom. The molecule has 0 fully saturated rings. The van der Waals surface area contributed by atoms with Crippen molar-refractivity contribution in [2.45, 2.75) is 33.7 Å². The molecule has 128 valence electrons. The zero-order valence-electron chi connectivity index (χ0n) is 14.5. The summed E-state index contributed by atoms with van der Waals surface area (Å²) in [5.74, 6) is 0.316. The van der Waals surface area contributed by atoms with Crippen molar-refractivity contribution in [1.29, 1.82) is 0 Å². The van der Waals surface area contributed by atoms with Crippen LogP contribution in [0.1, 0.15) is 28.3 Å². The molecule has 2 heterocycles. The second kappa shape index (κ2) is 6.84. The third-order valence-corrected chi connectivity index (χ3v) is 4.19. The Hall–Kier alpha value is -3.02. The van der Waals surface area contributed by atoms with Crippen LogP contribution in [0, 0.1) is 20.8 Å². The van der Waals surface area contributed by atoms with Crippen LogP contribution in [0.2, 0.25) is 0 Å². The fraction of sp³-hybridized carbons (Fsp3) is 0.263. The van der Waals surface area contributed by atoms with Crippen LogP contribution in [-0.4, -0.2) is 20.9 Å². The van der Waals surface area contributed by atoms with Crippen LogP contribution in [0.3, 0.4) is 0 Å². The number of aromatic amines is 1. The number of carbonyl (C=O) groups excluding carboxylic acids is 1. The maximum Gasteiger partial charge on any atom is 0.251 e. The summed E-state index contributed by atoms with van der Waals surface area (Å²) in [5, 5.41) is 3.86. The fourth-order valence-electron chi connectivity index (χ4n) is 2.96. The van der Waals surface area contributed by atoms with Gasteiger partial charge in [-0.3, -0.25) is 14.6 Å². The van der Waals surface area contributed by atoms with Gasteiger partial charge in [0, 0.05) is 22.8 Å². The van der Waals surface area contributed by atoms with E-state index in [9.17, 15) is 9.59 Å². The SMILES string of the molecule is Cc1cc(=O)[nH]c(CNC(=O)Cc2c(C)nc3ccccc3c2C)n1. The lowest BCUT2D eigenvalue weighted by atomic mass is 9.99. The lowest BCUT2D eigenvalue weighted by Crippen LogP contribution is -2.27. The molecular weight excluding hydrogens is 316 g/mol. The standard InChI is InChI=1S/C19H20N4O2/c1-11-8-19(25)23-17(21-11)10-20-18(24)9-15-12(2)14-6-4-5-7-16(14)22-13(15)3/h4-8H,9-10H2,1-3H3,(H,20,24)(H,21,23,25). The van der Waals surface area contributed by atoms with Gasteiger partial charge in [-0.1, -0.05) is 18.2 Å². The first kappa shape index (κ1) is 16.8. The molecule has 2 aromatic heterocycles. The maximum absolute atomic E-state index is 12.3. The number of H-pyrrole nitrogens is 1. The highest BCUT2D eigenvalue weighted by molar-refractivity contribution is 5.86. The van der Waals surface area contributed by atoms with Gasteiger partial charge in [0.1, 0.15) is 5.82 Å². The molecular formula is C19H20N4O2. The van der Waals surface area contributed by atoms with Crippen LogP contribution in [-0.2, 0) is 17.8 Å². The molecule has 0 radical (unpaired) electrons. The number of rotatable bonds is 4. The van der Waals surface area contributed by atoms with Gasteiger partial charge in [0.25, 0.3) is 5.56 Å². The Morgan fingerprint density at radius 2 is 1.92 bits per heavy atom. The number of fused-ring (bicyclic) bond motifs is 1. The van der Waals surface area contributed by atoms with Crippen LogP contribution < -0.4 is 10.9 Å². The van der Waals surface area contributed by atoms with Crippen LogP contribution in [0.5, 0.6) is 0 Å². The lowest BCUT2D eigenvalue weighted by Gasteiger charge is -2.12. The summed E-state index contributed by atoms with van der Waals surface area (Å²) < 4.78 is 0. The number of hydrogen-bond acceptors (Lipinski definition) is 4. The molecule has 3 aromatic rings. The van der Waals surface area contributed by atoms with Crippen molar-refractivity contribution in [3.8, 4) is 0 Å². The van der Waals surface area contributed by atoms with E-state index in [1.807, 2.05) is 38.1 Å². The third-order valence-electron chi connectivity index (χ3n) is 4.19. The molecule has 0 saturated carbocycles. The minimum atomic E-state index is -0.220. The molecule has 1 aromatic carbocycles. The normalized spacial score (nSPS) is 10.8. The van der Waals surface area contributed by atoms with E-state index in [0.717, 1.165) is 27.7 Å². The molecule has 0 saturated heterocycles. The maximum atomic E-state index is 12.3. The van der Waals surface area contributed by atoms with E-state index in [1.165, 1.54) is 6.07 Å². The average molecular weight is 336 g/mol. The molecule has 0 aliphatic heterocycles. The number of pyridine rings is 1. The summed E-state index contributed by atoms with van der Waals surface area (Å²) in [4.78, 5) is 35.2. The summed E-state index contributed by atoms with van der Waals surface area (Å²) in [6, 6.07) is 9.32. The van der Waals surface area contributed by atoms with Crippen molar-refractivity contribution in [3.63, 3.8) is 0 Å². The summed E-state index contributed by atoms with van der Waals surface area (Å²) in [6.07, 6.45) is 0.242. The van der Waals surface area contributed by atoms with Crippen molar-refractivity contribution in [1.82, 2.24) is 20.3 Å². The van der Waals surface area contributed by atoms with E-state index in [0.29, 0.717) is 11.5 Å². The van der Waals surface area contributed by atoms with Crippen LogP contribution in [0.4, 0.5) is 0 Å².